The van der Waals surface area contributed by atoms with Crippen molar-refractivity contribution in [3.8, 4) is 0 Å². The lowest BCUT2D eigenvalue weighted by Gasteiger charge is -2.25. The van der Waals surface area contributed by atoms with E-state index in [0.717, 1.165) is 24.9 Å². The summed E-state index contributed by atoms with van der Waals surface area (Å²) in [5, 5.41) is 3.55. The summed E-state index contributed by atoms with van der Waals surface area (Å²) in [6.07, 6.45) is 7.02. The first-order chi connectivity index (χ1) is 9.33. The van der Waals surface area contributed by atoms with Crippen LogP contribution in [0, 0.1) is 0 Å². The van der Waals surface area contributed by atoms with Gasteiger partial charge in [0.1, 0.15) is 0 Å². The van der Waals surface area contributed by atoms with Crippen molar-refractivity contribution in [2.24, 2.45) is 0 Å². The van der Waals surface area contributed by atoms with Gasteiger partial charge < -0.3 is 10.3 Å². The number of aryl methyl sites for hydroxylation is 1. The number of pyridine rings is 2. The minimum atomic E-state index is -0.0593. The van der Waals surface area contributed by atoms with E-state index in [2.05, 4.69) is 21.4 Å². The van der Waals surface area contributed by atoms with Crippen molar-refractivity contribution in [2.45, 2.75) is 31.8 Å². The van der Waals surface area contributed by atoms with Gasteiger partial charge in [-0.25, -0.2) is 0 Å². The molecule has 98 valence electrons. The third-order valence-electron chi connectivity index (χ3n) is 3.61. The maximum atomic E-state index is 11.0. The Labute approximate surface area is 111 Å². The molecule has 0 aliphatic heterocycles. The molecule has 0 fully saturated rings. The summed E-state index contributed by atoms with van der Waals surface area (Å²) >= 11 is 0. The Morgan fingerprint density at radius 2 is 2.32 bits per heavy atom. The van der Waals surface area contributed by atoms with Gasteiger partial charge in [-0.15, -0.1) is 0 Å². The Bertz CT molecular complexity index is 600. The number of rotatable bonds is 3. The fourth-order valence-corrected chi connectivity index (χ4v) is 2.61. The lowest BCUT2D eigenvalue weighted by atomic mass is 9.91. The molecule has 2 N–H and O–H groups in total. The molecule has 1 aliphatic carbocycles. The van der Waals surface area contributed by atoms with E-state index in [9.17, 15) is 4.79 Å². The SMILES string of the molecule is O=c1ccc(CNC2CCCc3ncccc32)c[nH]1. The molecule has 0 saturated heterocycles. The molecule has 3 rings (SSSR count). The van der Waals surface area contributed by atoms with E-state index in [1.165, 1.54) is 17.7 Å². The minimum Gasteiger partial charge on any atom is -0.329 e. The summed E-state index contributed by atoms with van der Waals surface area (Å²) in [6.45, 7) is 0.760. The summed E-state index contributed by atoms with van der Waals surface area (Å²) in [5.74, 6) is 0. The summed E-state index contributed by atoms with van der Waals surface area (Å²) in [7, 11) is 0. The van der Waals surface area contributed by atoms with Crippen LogP contribution in [0.2, 0.25) is 0 Å². The normalized spacial score (nSPS) is 18.0. The van der Waals surface area contributed by atoms with Crippen molar-refractivity contribution in [1.82, 2.24) is 15.3 Å². The molecule has 1 atom stereocenters. The smallest absolute Gasteiger partial charge is 0.247 e. The van der Waals surface area contributed by atoms with Crippen molar-refractivity contribution in [2.75, 3.05) is 0 Å². The van der Waals surface area contributed by atoms with E-state index in [1.807, 2.05) is 18.3 Å². The number of H-pyrrole nitrogens is 1. The van der Waals surface area contributed by atoms with E-state index >= 15 is 0 Å². The topological polar surface area (TPSA) is 57.8 Å². The molecule has 4 nitrogen and oxygen atoms in total. The fraction of sp³-hybridized carbons (Fsp3) is 0.333. The van der Waals surface area contributed by atoms with Gasteiger partial charge in [0.25, 0.3) is 0 Å². The van der Waals surface area contributed by atoms with Crippen molar-refractivity contribution in [3.63, 3.8) is 0 Å². The van der Waals surface area contributed by atoms with Gasteiger partial charge >= 0.3 is 0 Å². The molecule has 0 spiro atoms. The predicted octanol–water partition coefficient (Wildman–Crippen LogP) is 1.94. The Kier molecular flexibility index (Phi) is 3.42. The van der Waals surface area contributed by atoms with Gasteiger partial charge in [-0.1, -0.05) is 12.1 Å². The Morgan fingerprint density at radius 1 is 1.37 bits per heavy atom. The Morgan fingerprint density at radius 3 is 3.16 bits per heavy atom. The van der Waals surface area contributed by atoms with Gasteiger partial charge in [-0.2, -0.15) is 0 Å². The quantitative estimate of drug-likeness (QED) is 0.881. The van der Waals surface area contributed by atoms with Crippen LogP contribution in [0.3, 0.4) is 0 Å². The van der Waals surface area contributed by atoms with Crippen LogP contribution in [-0.4, -0.2) is 9.97 Å². The van der Waals surface area contributed by atoms with E-state index < -0.39 is 0 Å². The zero-order valence-electron chi connectivity index (χ0n) is 10.7. The maximum Gasteiger partial charge on any atom is 0.247 e. The van der Waals surface area contributed by atoms with E-state index in [0.29, 0.717) is 6.04 Å². The molecule has 19 heavy (non-hydrogen) atoms. The molecule has 0 saturated carbocycles. The highest BCUT2D eigenvalue weighted by Gasteiger charge is 2.19. The van der Waals surface area contributed by atoms with Crippen LogP contribution in [-0.2, 0) is 13.0 Å². The zero-order valence-corrected chi connectivity index (χ0v) is 10.7. The van der Waals surface area contributed by atoms with Gasteiger partial charge in [0.15, 0.2) is 0 Å². The second kappa shape index (κ2) is 5.36. The fourth-order valence-electron chi connectivity index (χ4n) is 2.61. The van der Waals surface area contributed by atoms with Crippen molar-refractivity contribution in [1.29, 1.82) is 0 Å². The first-order valence-electron chi connectivity index (χ1n) is 6.68. The third-order valence-corrected chi connectivity index (χ3v) is 3.61. The average molecular weight is 255 g/mol. The van der Waals surface area contributed by atoms with Gasteiger partial charge in [0.05, 0.1) is 0 Å². The van der Waals surface area contributed by atoms with Gasteiger partial charge in [-0.3, -0.25) is 9.78 Å². The van der Waals surface area contributed by atoms with Crippen LogP contribution < -0.4 is 10.9 Å². The molecular weight excluding hydrogens is 238 g/mol. The van der Waals surface area contributed by atoms with Gasteiger partial charge in [0.2, 0.25) is 5.56 Å². The first kappa shape index (κ1) is 12.1. The lowest BCUT2D eigenvalue weighted by Crippen LogP contribution is -2.25. The third kappa shape index (κ3) is 2.74. The number of nitrogens with one attached hydrogen (secondary N) is 2. The summed E-state index contributed by atoms with van der Waals surface area (Å²) in [4.78, 5) is 18.2. The van der Waals surface area contributed by atoms with Crippen LogP contribution in [0.5, 0.6) is 0 Å². The van der Waals surface area contributed by atoms with Gasteiger partial charge in [0, 0.05) is 36.7 Å². The molecule has 0 amide bonds. The van der Waals surface area contributed by atoms with Crippen molar-refractivity contribution in [3.05, 3.63) is 63.8 Å². The summed E-state index contributed by atoms with van der Waals surface area (Å²) < 4.78 is 0. The number of nitrogens with zero attached hydrogens (tertiary/aromatic N) is 1. The molecule has 2 heterocycles. The number of aromatic nitrogens is 2. The van der Waals surface area contributed by atoms with Gasteiger partial charge in [-0.05, 0) is 36.5 Å². The molecule has 1 unspecified atom stereocenters. The molecular formula is C15H17N3O. The molecule has 0 radical (unpaired) electrons. The largest absolute Gasteiger partial charge is 0.329 e. The number of hydrogen-bond donors (Lipinski definition) is 2. The second-order valence-electron chi connectivity index (χ2n) is 4.93. The Hall–Kier alpha value is -1.94. The standard InChI is InChI=1S/C15H17N3O/c19-15-7-6-11(10-18-15)9-17-14-5-1-4-13-12(14)3-2-8-16-13/h2-3,6-8,10,14,17H,1,4-5,9H2,(H,18,19). The molecule has 2 aromatic heterocycles. The lowest BCUT2D eigenvalue weighted by molar-refractivity contribution is 0.453. The Balaban J connectivity index is 1.71. The summed E-state index contributed by atoms with van der Waals surface area (Å²) in [6, 6.07) is 7.95. The molecule has 0 aromatic carbocycles. The van der Waals surface area contributed by atoms with E-state index in [-0.39, 0.29) is 5.56 Å². The van der Waals surface area contributed by atoms with E-state index in [1.54, 1.807) is 12.3 Å². The van der Waals surface area contributed by atoms with E-state index in [4.69, 9.17) is 0 Å². The minimum absolute atomic E-state index is 0.0593. The van der Waals surface area contributed by atoms with Crippen LogP contribution >= 0.6 is 0 Å². The van der Waals surface area contributed by atoms with Crippen LogP contribution in [0.1, 0.15) is 35.7 Å². The maximum absolute atomic E-state index is 11.0. The molecule has 2 aromatic rings. The molecule has 4 heteroatoms. The van der Waals surface area contributed by atoms with Crippen LogP contribution in [0.4, 0.5) is 0 Å². The van der Waals surface area contributed by atoms with Crippen molar-refractivity contribution < 1.29 is 0 Å². The van der Waals surface area contributed by atoms with Crippen LogP contribution in [0.25, 0.3) is 0 Å². The zero-order chi connectivity index (χ0) is 13.1. The van der Waals surface area contributed by atoms with Crippen LogP contribution in [0.15, 0.2) is 41.5 Å². The highest BCUT2D eigenvalue weighted by Crippen LogP contribution is 2.28. The molecule has 0 bridgehead atoms. The van der Waals surface area contributed by atoms with Crippen molar-refractivity contribution >= 4 is 0 Å². The monoisotopic (exact) mass is 255 g/mol. The molecule has 1 aliphatic rings. The highest BCUT2D eigenvalue weighted by molar-refractivity contribution is 5.26. The first-order valence-corrected chi connectivity index (χ1v) is 6.68. The predicted molar refractivity (Wildman–Crippen MR) is 73.8 cm³/mol. The highest BCUT2D eigenvalue weighted by atomic mass is 16.1. The summed E-state index contributed by atoms with van der Waals surface area (Å²) in [5.41, 5.74) is 3.57. The number of fused-ring (bicyclic) bond motifs is 1. The number of aromatic amines is 1. The second-order valence-corrected chi connectivity index (χ2v) is 4.93. The average Bonchev–Trinajstić information content (AvgIpc) is 2.47. The number of hydrogen-bond acceptors (Lipinski definition) is 3.